The molecule has 1 aliphatic carbocycles. The molecule has 2 aromatic rings. The van der Waals surface area contributed by atoms with Crippen molar-refractivity contribution in [1.29, 1.82) is 0 Å². The maximum atomic E-state index is 11.7. The van der Waals surface area contributed by atoms with E-state index in [9.17, 15) is 4.79 Å². The van der Waals surface area contributed by atoms with E-state index in [1.54, 1.807) is 14.2 Å². The zero-order chi connectivity index (χ0) is 19.2. The first-order valence-electron chi connectivity index (χ1n) is 8.95. The molecule has 2 atom stereocenters. The summed E-state index contributed by atoms with van der Waals surface area (Å²) in [7, 11) is 3.30. The fourth-order valence-electron chi connectivity index (χ4n) is 3.41. The minimum atomic E-state index is -0.310. The number of carbonyl (C=O) groups is 1. The van der Waals surface area contributed by atoms with E-state index >= 15 is 0 Å². The van der Waals surface area contributed by atoms with Gasteiger partial charge in [-0.2, -0.15) is 0 Å². The fraction of sp³-hybridized carbons (Fsp3) is 0.261. The zero-order valence-electron chi connectivity index (χ0n) is 15.8. The molecule has 1 aliphatic rings. The summed E-state index contributed by atoms with van der Waals surface area (Å²) in [5, 5.41) is 0. The first-order valence-corrected chi connectivity index (χ1v) is 8.95. The number of benzene rings is 2. The highest BCUT2D eigenvalue weighted by Crippen LogP contribution is 2.42. The van der Waals surface area contributed by atoms with E-state index in [-0.39, 0.29) is 17.8 Å². The summed E-state index contributed by atoms with van der Waals surface area (Å²) in [5.41, 5.74) is 2.20. The monoisotopic (exact) mass is 364 g/mol. The molecular weight excluding hydrogens is 340 g/mol. The first-order chi connectivity index (χ1) is 13.1. The second-order valence-electron chi connectivity index (χ2n) is 6.41. The van der Waals surface area contributed by atoms with Gasteiger partial charge < -0.3 is 14.2 Å². The Morgan fingerprint density at radius 1 is 0.889 bits per heavy atom. The number of hydrogen-bond acceptors (Lipinski definition) is 4. The van der Waals surface area contributed by atoms with Crippen molar-refractivity contribution in [3.8, 4) is 11.5 Å². The highest BCUT2D eigenvalue weighted by atomic mass is 16.5. The Kier molecular flexibility index (Phi) is 5.97. The van der Waals surface area contributed by atoms with Crippen LogP contribution in [0.1, 0.15) is 36.3 Å². The quantitative estimate of drug-likeness (QED) is 0.554. The van der Waals surface area contributed by atoms with Crippen molar-refractivity contribution >= 4 is 5.97 Å². The first kappa shape index (κ1) is 18.8. The van der Waals surface area contributed by atoms with Crippen LogP contribution in [0.4, 0.5) is 0 Å². The van der Waals surface area contributed by atoms with Crippen molar-refractivity contribution < 1.29 is 19.0 Å². The van der Waals surface area contributed by atoms with Gasteiger partial charge in [0.1, 0.15) is 17.3 Å². The molecule has 0 spiro atoms. The Morgan fingerprint density at radius 3 is 1.96 bits per heavy atom. The lowest BCUT2D eigenvalue weighted by molar-refractivity contribution is -0.137. The van der Waals surface area contributed by atoms with Crippen molar-refractivity contribution in [2.75, 3.05) is 14.2 Å². The van der Waals surface area contributed by atoms with E-state index in [1.807, 2.05) is 42.5 Å². The van der Waals surface area contributed by atoms with Crippen molar-refractivity contribution in [2.45, 2.75) is 25.2 Å². The van der Waals surface area contributed by atoms with Gasteiger partial charge in [-0.15, -0.1) is 0 Å². The molecule has 0 heterocycles. The van der Waals surface area contributed by atoms with Crippen molar-refractivity contribution in [1.82, 2.24) is 0 Å². The van der Waals surface area contributed by atoms with Gasteiger partial charge in [0.05, 0.1) is 20.1 Å². The summed E-state index contributed by atoms with van der Waals surface area (Å²) in [6.07, 6.45) is 7.00. The molecule has 0 aromatic heterocycles. The van der Waals surface area contributed by atoms with Crippen LogP contribution in [0.15, 0.2) is 72.5 Å². The number of carbonyl (C=O) groups excluding carboxylic acids is 1. The third-order valence-corrected chi connectivity index (χ3v) is 4.70. The maximum absolute atomic E-state index is 11.7. The molecule has 0 fully saturated rings. The standard InChI is InChI=1S/C23H24O4/c1-16(24)27-22-7-5-4-6-21(17-8-12-19(25-2)13-9-17)23(22)18-10-14-20(26-3)15-11-18/h4,6-15,21,23H,5H2,1-3H3/t21-,23+/m1/s1. The SMILES string of the molecule is COc1ccc([C@H]2C=CCC=C(OC(C)=O)[C@H]2c2ccc(OC)cc2)cc1. The van der Waals surface area contributed by atoms with Crippen LogP contribution in [0, 0.1) is 0 Å². The largest absolute Gasteiger partial charge is 0.497 e. The van der Waals surface area contributed by atoms with Crippen LogP contribution in [0.3, 0.4) is 0 Å². The van der Waals surface area contributed by atoms with Crippen LogP contribution in [0.2, 0.25) is 0 Å². The molecule has 0 bridgehead atoms. The average Bonchev–Trinajstić information content (AvgIpc) is 2.90. The minimum absolute atomic E-state index is 0.0393. The zero-order valence-corrected chi connectivity index (χ0v) is 15.8. The van der Waals surface area contributed by atoms with E-state index in [1.165, 1.54) is 6.92 Å². The lowest BCUT2D eigenvalue weighted by Crippen LogP contribution is -2.15. The highest BCUT2D eigenvalue weighted by molar-refractivity contribution is 5.67. The molecular formula is C23H24O4. The summed E-state index contributed by atoms with van der Waals surface area (Å²) in [6.45, 7) is 1.44. The number of rotatable bonds is 5. The van der Waals surface area contributed by atoms with E-state index in [0.29, 0.717) is 5.76 Å². The molecule has 0 aliphatic heterocycles. The minimum Gasteiger partial charge on any atom is -0.497 e. The Bertz CT molecular complexity index is 832. The summed E-state index contributed by atoms with van der Waals surface area (Å²) >= 11 is 0. The third-order valence-electron chi connectivity index (χ3n) is 4.70. The molecule has 2 aromatic carbocycles. The molecule has 4 heteroatoms. The van der Waals surface area contributed by atoms with Crippen molar-refractivity contribution in [3.63, 3.8) is 0 Å². The molecule has 0 radical (unpaired) electrons. The predicted molar refractivity (Wildman–Crippen MR) is 105 cm³/mol. The van der Waals surface area contributed by atoms with E-state index in [4.69, 9.17) is 14.2 Å². The molecule has 4 nitrogen and oxygen atoms in total. The predicted octanol–water partition coefficient (Wildman–Crippen LogP) is 4.98. The second-order valence-corrected chi connectivity index (χ2v) is 6.41. The van der Waals surface area contributed by atoms with E-state index < -0.39 is 0 Å². The van der Waals surface area contributed by atoms with Crippen molar-refractivity contribution in [3.05, 3.63) is 83.6 Å². The van der Waals surface area contributed by atoms with Gasteiger partial charge >= 0.3 is 5.97 Å². The molecule has 140 valence electrons. The summed E-state index contributed by atoms with van der Waals surface area (Å²) in [4.78, 5) is 11.7. The number of hydrogen-bond donors (Lipinski definition) is 0. The van der Waals surface area contributed by atoms with Crippen LogP contribution >= 0.6 is 0 Å². The second kappa shape index (κ2) is 8.58. The molecule has 0 saturated heterocycles. The number of esters is 1. The van der Waals surface area contributed by atoms with Gasteiger partial charge in [0.15, 0.2) is 0 Å². The number of methoxy groups -OCH3 is 2. The summed E-state index contributed by atoms with van der Waals surface area (Å²) in [6, 6.07) is 15.9. The van der Waals surface area contributed by atoms with Crippen molar-refractivity contribution in [2.24, 2.45) is 0 Å². The van der Waals surface area contributed by atoms with Gasteiger partial charge in [0, 0.05) is 12.8 Å². The molecule has 0 N–H and O–H groups in total. The third kappa shape index (κ3) is 4.40. The number of allylic oxidation sites excluding steroid dienone is 4. The topological polar surface area (TPSA) is 44.8 Å². The average molecular weight is 364 g/mol. The molecule has 0 saturated carbocycles. The Labute approximate surface area is 160 Å². The molecule has 3 rings (SSSR count). The van der Waals surface area contributed by atoms with Gasteiger partial charge in [-0.25, -0.2) is 0 Å². The normalized spacial score (nSPS) is 19.0. The van der Waals surface area contributed by atoms with Crippen LogP contribution in [0.5, 0.6) is 11.5 Å². The highest BCUT2D eigenvalue weighted by Gasteiger charge is 2.30. The van der Waals surface area contributed by atoms with Gasteiger partial charge in [-0.3, -0.25) is 4.79 Å². The van der Waals surface area contributed by atoms with Gasteiger partial charge in [-0.05, 0) is 47.9 Å². The molecule has 0 unspecified atom stereocenters. The van der Waals surface area contributed by atoms with E-state index in [2.05, 4.69) is 24.3 Å². The smallest absolute Gasteiger partial charge is 0.307 e. The lowest BCUT2D eigenvalue weighted by atomic mass is 9.80. The lowest BCUT2D eigenvalue weighted by Gasteiger charge is -2.27. The van der Waals surface area contributed by atoms with Crippen LogP contribution in [-0.4, -0.2) is 20.2 Å². The Morgan fingerprint density at radius 2 is 1.44 bits per heavy atom. The van der Waals surface area contributed by atoms with Gasteiger partial charge in [0.25, 0.3) is 0 Å². The fourth-order valence-corrected chi connectivity index (χ4v) is 3.41. The van der Waals surface area contributed by atoms with Crippen LogP contribution < -0.4 is 9.47 Å². The van der Waals surface area contributed by atoms with Crippen LogP contribution in [-0.2, 0) is 9.53 Å². The molecule has 0 amide bonds. The van der Waals surface area contributed by atoms with Gasteiger partial charge in [0.2, 0.25) is 0 Å². The van der Waals surface area contributed by atoms with Crippen LogP contribution in [0.25, 0.3) is 0 Å². The maximum Gasteiger partial charge on any atom is 0.307 e. The molecule has 27 heavy (non-hydrogen) atoms. The van der Waals surface area contributed by atoms with Gasteiger partial charge in [-0.1, -0.05) is 36.4 Å². The summed E-state index contributed by atoms with van der Waals surface area (Å²) in [5.74, 6) is 1.91. The van der Waals surface area contributed by atoms with E-state index in [0.717, 1.165) is 29.0 Å². The number of ether oxygens (including phenoxy) is 3. The summed E-state index contributed by atoms with van der Waals surface area (Å²) < 4.78 is 16.2. The Hall–Kier alpha value is -3.01. The Balaban J connectivity index is 2.06.